The highest BCUT2D eigenvalue weighted by molar-refractivity contribution is 9.10. The zero-order valence-electron chi connectivity index (χ0n) is 10.4. The molecule has 1 N–H and O–H groups in total. The van der Waals surface area contributed by atoms with E-state index in [4.69, 9.17) is 0 Å². The standard InChI is InChI=1S/C11H13BrN2O4S/c1-7(19(2)18)6-13-11(15)8-3-4-9(12)10(5-8)14(16)17/h3-5,7H,6H2,1-2H3,(H,13,15). The maximum Gasteiger partial charge on any atom is 0.284 e. The number of benzene rings is 1. The van der Waals surface area contributed by atoms with Crippen molar-refractivity contribution in [1.29, 1.82) is 0 Å². The molecule has 0 aromatic heterocycles. The van der Waals surface area contributed by atoms with Crippen LogP contribution >= 0.6 is 15.9 Å². The molecule has 104 valence electrons. The number of nitro benzene ring substituents is 1. The summed E-state index contributed by atoms with van der Waals surface area (Å²) in [5.74, 6) is -0.423. The summed E-state index contributed by atoms with van der Waals surface area (Å²) in [6.45, 7) is 2.01. The summed E-state index contributed by atoms with van der Waals surface area (Å²) in [4.78, 5) is 22.0. The van der Waals surface area contributed by atoms with E-state index in [2.05, 4.69) is 21.2 Å². The van der Waals surface area contributed by atoms with E-state index < -0.39 is 21.6 Å². The van der Waals surface area contributed by atoms with E-state index >= 15 is 0 Å². The third kappa shape index (κ3) is 4.39. The molecule has 6 nitrogen and oxygen atoms in total. The lowest BCUT2D eigenvalue weighted by Gasteiger charge is -2.10. The second kappa shape index (κ2) is 6.76. The van der Waals surface area contributed by atoms with Gasteiger partial charge in [-0.1, -0.05) is 0 Å². The number of nitrogens with one attached hydrogen (secondary N) is 1. The Kier molecular flexibility index (Phi) is 5.61. The molecule has 0 saturated heterocycles. The van der Waals surface area contributed by atoms with Crippen LogP contribution in [0.1, 0.15) is 17.3 Å². The number of halogens is 1. The van der Waals surface area contributed by atoms with Gasteiger partial charge in [0.15, 0.2) is 0 Å². The highest BCUT2D eigenvalue weighted by Crippen LogP contribution is 2.25. The second-order valence-corrected chi connectivity index (χ2v) is 6.60. The molecule has 0 bridgehead atoms. The van der Waals surface area contributed by atoms with Crippen molar-refractivity contribution >= 4 is 38.3 Å². The van der Waals surface area contributed by atoms with Crippen LogP contribution in [-0.2, 0) is 10.8 Å². The zero-order chi connectivity index (χ0) is 14.6. The van der Waals surface area contributed by atoms with E-state index in [-0.39, 0.29) is 23.0 Å². The highest BCUT2D eigenvalue weighted by Gasteiger charge is 2.16. The van der Waals surface area contributed by atoms with Gasteiger partial charge in [0.1, 0.15) is 0 Å². The molecule has 2 unspecified atom stereocenters. The molecular weight excluding hydrogens is 336 g/mol. The Morgan fingerprint density at radius 1 is 1.58 bits per heavy atom. The molecular formula is C11H13BrN2O4S. The summed E-state index contributed by atoms with van der Waals surface area (Å²) in [5, 5.41) is 13.2. The van der Waals surface area contributed by atoms with Gasteiger partial charge in [-0.25, -0.2) is 0 Å². The van der Waals surface area contributed by atoms with E-state index in [0.717, 1.165) is 0 Å². The lowest BCUT2D eigenvalue weighted by Crippen LogP contribution is -2.32. The average Bonchev–Trinajstić information content (AvgIpc) is 2.35. The molecule has 8 heteroatoms. The second-order valence-electron chi connectivity index (χ2n) is 3.94. The van der Waals surface area contributed by atoms with Crippen LogP contribution in [0.15, 0.2) is 22.7 Å². The number of nitro groups is 1. The van der Waals surface area contributed by atoms with Gasteiger partial charge in [0, 0.05) is 40.5 Å². The zero-order valence-corrected chi connectivity index (χ0v) is 12.8. The van der Waals surface area contributed by atoms with Gasteiger partial charge in [0.05, 0.1) is 9.40 Å². The Hall–Kier alpha value is -1.28. The van der Waals surface area contributed by atoms with Crippen molar-refractivity contribution in [2.24, 2.45) is 0 Å². The average molecular weight is 349 g/mol. The van der Waals surface area contributed by atoms with E-state index in [1.54, 1.807) is 13.2 Å². The first-order valence-electron chi connectivity index (χ1n) is 5.37. The van der Waals surface area contributed by atoms with Crippen LogP contribution in [-0.4, -0.2) is 33.1 Å². The Morgan fingerprint density at radius 2 is 2.21 bits per heavy atom. The highest BCUT2D eigenvalue weighted by atomic mass is 79.9. The monoisotopic (exact) mass is 348 g/mol. The maximum atomic E-state index is 11.8. The largest absolute Gasteiger partial charge is 0.351 e. The minimum absolute atomic E-state index is 0.167. The summed E-state index contributed by atoms with van der Waals surface area (Å²) in [7, 11) is -1.03. The molecule has 2 atom stereocenters. The molecule has 0 aliphatic heterocycles. The van der Waals surface area contributed by atoms with Crippen molar-refractivity contribution in [2.45, 2.75) is 12.2 Å². The molecule has 0 aliphatic rings. The van der Waals surface area contributed by atoms with Crippen molar-refractivity contribution in [3.05, 3.63) is 38.3 Å². The number of hydrogen-bond donors (Lipinski definition) is 1. The molecule has 1 aromatic carbocycles. The van der Waals surface area contributed by atoms with Gasteiger partial charge in [-0.15, -0.1) is 0 Å². The van der Waals surface area contributed by atoms with Crippen molar-refractivity contribution in [3.63, 3.8) is 0 Å². The topological polar surface area (TPSA) is 89.3 Å². The molecule has 0 radical (unpaired) electrons. The fourth-order valence-electron chi connectivity index (χ4n) is 1.25. The summed E-state index contributed by atoms with van der Waals surface area (Å²) in [5.41, 5.74) is 0.0313. The van der Waals surface area contributed by atoms with Crippen molar-refractivity contribution in [1.82, 2.24) is 5.32 Å². The molecule has 1 rings (SSSR count). The van der Waals surface area contributed by atoms with Gasteiger partial charge in [0.2, 0.25) is 0 Å². The van der Waals surface area contributed by atoms with Crippen LogP contribution in [0, 0.1) is 10.1 Å². The van der Waals surface area contributed by atoms with Crippen molar-refractivity contribution in [2.75, 3.05) is 12.8 Å². The van der Waals surface area contributed by atoms with E-state index in [1.807, 2.05) is 0 Å². The molecule has 0 fully saturated rings. The predicted octanol–water partition coefficient (Wildman–Crippen LogP) is 1.85. The molecule has 19 heavy (non-hydrogen) atoms. The van der Waals surface area contributed by atoms with Crippen molar-refractivity contribution < 1.29 is 13.9 Å². The van der Waals surface area contributed by atoms with E-state index in [9.17, 15) is 19.1 Å². The van der Waals surface area contributed by atoms with E-state index in [0.29, 0.717) is 4.47 Å². The van der Waals surface area contributed by atoms with Gasteiger partial charge in [-0.2, -0.15) is 0 Å². The maximum absolute atomic E-state index is 11.8. The first-order chi connectivity index (χ1) is 8.82. The van der Waals surface area contributed by atoms with Crippen LogP contribution in [0.2, 0.25) is 0 Å². The Labute approximate surface area is 121 Å². The van der Waals surface area contributed by atoms with Crippen LogP contribution < -0.4 is 5.32 Å². The van der Waals surface area contributed by atoms with Crippen LogP contribution in [0.3, 0.4) is 0 Å². The number of nitrogens with zero attached hydrogens (tertiary/aromatic N) is 1. The number of carbonyl (C=O) groups is 1. The molecule has 0 saturated carbocycles. The molecule has 0 spiro atoms. The normalized spacial score (nSPS) is 13.6. The Morgan fingerprint density at radius 3 is 2.74 bits per heavy atom. The number of amides is 1. The number of rotatable bonds is 5. The lowest BCUT2D eigenvalue weighted by molar-refractivity contribution is -0.385. The fourth-order valence-corrected chi connectivity index (χ4v) is 1.96. The van der Waals surface area contributed by atoms with Crippen LogP contribution in [0.4, 0.5) is 5.69 Å². The van der Waals surface area contributed by atoms with Crippen LogP contribution in [0.25, 0.3) is 0 Å². The van der Waals surface area contributed by atoms with Gasteiger partial charge >= 0.3 is 0 Å². The molecule has 1 amide bonds. The third-order valence-corrected chi connectivity index (χ3v) is 4.49. The van der Waals surface area contributed by atoms with Gasteiger partial charge in [0.25, 0.3) is 11.6 Å². The Balaban J connectivity index is 2.80. The molecule has 0 aliphatic carbocycles. The predicted molar refractivity (Wildman–Crippen MR) is 76.7 cm³/mol. The summed E-state index contributed by atoms with van der Waals surface area (Å²) in [6.07, 6.45) is 1.56. The number of hydrogen-bond acceptors (Lipinski definition) is 4. The smallest absolute Gasteiger partial charge is 0.284 e. The lowest BCUT2D eigenvalue weighted by atomic mass is 10.2. The van der Waals surface area contributed by atoms with Gasteiger partial charge < -0.3 is 5.32 Å². The third-order valence-electron chi connectivity index (χ3n) is 2.52. The van der Waals surface area contributed by atoms with Crippen LogP contribution in [0.5, 0.6) is 0 Å². The van der Waals surface area contributed by atoms with E-state index in [1.165, 1.54) is 18.2 Å². The van der Waals surface area contributed by atoms with Crippen molar-refractivity contribution in [3.8, 4) is 0 Å². The van der Waals surface area contributed by atoms with Gasteiger partial charge in [-0.3, -0.25) is 19.1 Å². The number of carbonyl (C=O) groups excluding carboxylic acids is 1. The summed E-state index contributed by atoms with van der Waals surface area (Å²) < 4.78 is 11.5. The first kappa shape index (κ1) is 15.8. The quantitative estimate of drug-likeness (QED) is 0.649. The van der Waals surface area contributed by atoms with Gasteiger partial charge in [-0.05, 0) is 35.0 Å². The molecule has 0 heterocycles. The summed E-state index contributed by atoms with van der Waals surface area (Å²) in [6, 6.07) is 4.14. The minimum atomic E-state index is -1.03. The fraction of sp³-hybridized carbons (Fsp3) is 0.364. The SMILES string of the molecule is CC(CNC(=O)c1ccc(Br)c([N+](=O)[O-])c1)S(C)=O. The Bertz CT molecular complexity index is 535. The first-order valence-corrected chi connectivity index (χ1v) is 7.78. The summed E-state index contributed by atoms with van der Waals surface area (Å²) >= 11 is 3.05. The molecule has 1 aromatic rings. The minimum Gasteiger partial charge on any atom is -0.351 e.